The molecule has 0 bridgehead atoms. The highest BCUT2D eigenvalue weighted by molar-refractivity contribution is 7.92. The van der Waals surface area contributed by atoms with Crippen LogP contribution in [0, 0.1) is 5.92 Å². The minimum atomic E-state index is -3.67. The lowest BCUT2D eigenvalue weighted by atomic mass is 10.1. The summed E-state index contributed by atoms with van der Waals surface area (Å²) >= 11 is 0. The Bertz CT molecular complexity index is 785. The van der Waals surface area contributed by atoms with Crippen molar-refractivity contribution in [2.75, 3.05) is 4.72 Å². The van der Waals surface area contributed by atoms with E-state index in [0.29, 0.717) is 17.2 Å². The molecule has 0 saturated carbocycles. The third-order valence-corrected chi connectivity index (χ3v) is 5.21. The van der Waals surface area contributed by atoms with Gasteiger partial charge in [-0.2, -0.15) is 0 Å². The predicted molar refractivity (Wildman–Crippen MR) is 95.5 cm³/mol. The van der Waals surface area contributed by atoms with E-state index in [9.17, 15) is 13.2 Å². The van der Waals surface area contributed by atoms with E-state index in [0.717, 1.165) is 0 Å². The Morgan fingerprint density at radius 1 is 0.917 bits per heavy atom. The lowest BCUT2D eigenvalue weighted by Crippen LogP contribution is -2.36. The zero-order chi connectivity index (χ0) is 17.7. The fraction of sp³-hybridized carbons (Fsp3) is 0.278. The molecule has 2 rings (SSSR count). The number of anilines is 1. The number of nitrogens with one attached hydrogen (secondary N) is 2. The lowest BCUT2D eigenvalue weighted by Gasteiger charge is -2.17. The summed E-state index contributed by atoms with van der Waals surface area (Å²) in [6.45, 7) is 5.98. The predicted octanol–water partition coefficient (Wildman–Crippen LogP) is 3.26. The number of hydrogen-bond donors (Lipinski definition) is 2. The zero-order valence-electron chi connectivity index (χ0n) is 14.0. The Hall–Kier alpha value is -2.34. The lowest BCUT2D eigenvalue weighted by molar-refractivity contribution is 0.0930. The monoisotopic (exact) mass is 346 g/mol. The molecule has 1 amide bonds. The van der Waals surface area contributed by atoms with Crippen molar-refractivity contribution in [3.63, 3.8) is 0 Å². The van der Waals surface area contributed by atoms with Gasteiger partial charge in [0.2, 0.25) is 0 Å². The number of carbonyl (C=O) groups is 1. The van der Waals surface area contributed by atoms with Crippen molar-refractivity contribution in [2.24, 2.45) is 5.92 Å². The number of amides is 1. The Labute approximate surface area is 143 Å². The third kappa shape index (κ3) is 4.58. The number of para-hydroxylation sites is 1. The maximum atomic E-state index is 12.3. The molecule has 1 unspecified atom stereocenters. The van der Waals surface area contributed by atoms with Crippen LogP contribution in [0.2, 0.25) is 0 Å². The molecule has 128 valence electrons. The van der Waals surface area contributed by atoms with Crippen molar-refractivity contribution in [1.82, 2.24) is 5.32 Å². The molecule has 2 aromatic carbocycles. The van der Waals surface area contributed by atoms with Gasteiger partial charge in [0.25, 0.3) is 15.9 Å². The molecule has 6 heteroatoms. The Kier molecular flexibility index (Phi) is 5.62. The fourth-order valence-electron chi connectivity index (χ4n) is 1.96. The molecule has 2 aromatic rings. The summed E-state index contributed by atoms with van der Waals surface area (Å²) in [5.41, 5.74) is 0.922. The number of carbonyl (C=O) groups excluding carboxylic acids is 1. The van der Waals surface area contributed by atoms with Gasteiger partial charge < -0.3 is 5.32 Å². The molecule has 0 spiro atoms. The SMILES string of the molecule is CC(C)C(C)NC(=O)c1ccc(S(=O)(=O)Nc2ccccc2)cc1. The van der Waals surface area contributed by atoms with Gasteiger partial charge in [0.1, 0.15) is 0 Å². The highest BCUT2D eigenvalue weighted by atomic mass is 32.2. The number of sulfonamides is 1. The highest BCUT2D eigenvalue weighted by Crippen LogP contribution is 2.16. The molecular weight excluding hydrogens is 324 g/mol. The van der Waals surface area contributed by atoms with Crippen LogP contribution in [0.5, 0.6) is 0 Å². The van der Waals surface area contributed by atoms with Crippen LogP contribution in [0.1, 0.15) is 31.1 Å². The van der Waals surface area contributed by atoms with E-state index in [1.165, 1.54) is 24.3 Å². The third-order valence-electron chi connectivity index (χ3n) is 3.81. The van der Waals surface area contributed by atoms with Gasteiger partial charge in [-0.05, 0) is 49.2 Å². The Morgan fingerprint density at radius 2 is 1.50 bits per heavy atom. The van der Waals surface area contributed by atoms with Crippen molar-refractivity contribution < 1.29 is 13.2 Å². The van der Waals surface area contributed by atoms with Crippen LogP contribution in [-0.2, 0) is 10.0 Å². The maximum absolute atomic E-state index is 12.3. The quantitative estimate of drug-likeness (QED) is 0.843. The van der Waals surface area contributed by atoms with Crippen LogP contribution >= 0.6 is 0 Å². The first kappa shape index (κ1) is 18.0. The van der Waals surface area contributed by atoms with Crippen molar-refractivity contribution in [2.45, 2.75) is 31.7 Å². The summed E-state index contributed by atoms with van der Waals surface area (Å²) in [6, 6.07) is 14.6. The summed E-state index contributed by atoms with van der Waals surface area (Å²) in [4.78, 5) is 12.2. The van der Waals surface area contributed by atoms with Crippen molar-refractivity contribution in [3.05, 3.63) is 60.2 Å². The molecule has 0 aromatic heterocycles. The second-order valence-corrected chi connectivity index (χ2v) is 7.68. The van der Waals surface area contributed by atoms with E-state index < -0.39 is 10.0 Å². The largest absolute Gasteiger partial charge is 0.349 e. The Morgan fingerprint density at radius 3 is 2.04 bits per heavy atom. The van der Waals surface area contributed by atoms with Crippen LogP contribution in [0.4, 0.5) is 5.69 Å². The maximum Gasteiger partial charge on any atom is 0.261 e. The van der Waals surface area contributed by atoms with Crippen LogP contribution < -0.4 is 10.0 Å². The van der Waals surface area contributed by atoms with E-state index in [1.54, 1.807) is 24.3 Å². The first-order valence-corrected chi connectivity index (χ1v) is 9.26. The molecule has 1 atom stereocenters. The second-order valence-electron chi connectivity index (χ2n) is 6.00. The number of rotatable bonds is 6. The molecule has 0 fully saturated rings. The van der Waals surface area contributed by atoms with Gasteiger partial charge in [-0.3, -0.25) is 9.52 Å². The van der Waals surface area contributed by atoms with Crippen LogP contribution in [0.25, 0.3) is 0 Å². The molecule has 0 aliphatic heterocycles. The second kappa shape index (κ2) is 7.49. The average Bonchev–Trinajstić information content (AvgIpc) is 2.55. The smallest absolute Gasteiger partial charge is 0.261 e. The number of hydrogen-bond acceptors (Lipinski definition) is 3. The minimum Gasteiger partial charge on any atom is -0.349 e. The summed E-state index contributed by atoms with van der Waals surface area (Å²) in [7, 11) is -3.67. The molecule has 0 aliphatic rings. The van der Waals surface area contributed by atoms with E-state index in [-0.39, 0.29) is 16.8 Å². The van der Waals surface area contributed by atoms with Crippen LogP contribution in [-0.4, -0.2) is 20.4 Å². The topological polar surface area (TPSA) is 75.3 Å². The normalized spacial score (nSPS) is 12.7. The summed E-state index contributed by atoms with van der Waals surface area (Å²) in [6.07, 6.45) is 0. The van der Waals surface area contributed by atoms with Crippen LogP contribution in [0.15, 0.2) is 59.5 Å². The van der Waals surface area contributed by atoms with Crippen molar-refractivity contribution >= 4 is 21.6 Å². The van der Waals surface area contributed by atoms with Crippen molar-refractivity contribution in [1.29, 1.82) is 0 Å². The molecule has 0 heterocycles. The molecule has 0 saturated heterocycles. The van der Waals surface area contributed by atoms with Gasteiger partial charge in [0.05, 0.1) is 4.90 Å². The molecule has 5 nitrogen and oxygen atoms in total. The van der Waals surface area contributed by atoms with Crippen molar-refractivity contribution in [3.8, 4) is 0 Å². The molecule has 2 N–H and O–H groups in total. The molecule has 0 aliphatic carbocycles. The van der Waals surface area contributed by atoms with Gasteiger partial charge in [-0.25, -0.2) is 8.42 Å². The zero-order valence-corrected chi connectivity index (χ0v) is 14.8. The van der Waals surface area contributed by atoms with Gasteiger partial charge in [-0.15, -0.1) is 0 Å². The van der Waals surface area contributed by atoms with Gasteiger partial charge in [-0.1, -0.05) is 32.0 Å². The van der Waals surface area contributed by atoms with E-state index >= 15 is 0 Å². The van der Waals surface area contributed by atoms with Gasteiger partial charge >= 0.3 is 0 Å². The summed E-state index contributed by atoms with van der Waals surface area (Å²) < 4.78 is 27.2. The van der Waals surface area contributed by atoms with E-state index in [4.69, 9.17) is 0 Å². The minimum absolute atomic E-state index is 0.0423. The van der Waals surface area contributed by atoms with E-state index in [1.807, 2.05) is 26.8 Å². The molecule has 24 heavy (non-hydrogen) atoms. The molecule has 0 radical (unpaired) electrons. The Balaban J connectivity index is 2.12. The first-order valence-electron chi connectivity index (χ1n) is 7.78. The van der Waals surface area contributed by atoms with Gasteiger partial charge in [0, 0.05) is 17.3 Å². The fourth-order valence-corrected chi connectivity index (χ4v) is 3.02. The number of benzene rings is 2. The standard InChI is InChI=1S/C18H22N2O3S/c1-13(2)14(3)19-18(21)15-9-11-17(12-10-15)24(22,23)20-16-7-5-4-6-8-16/h4-14,20H,1-3H3,(H,19,21). The van der Waals surface area contributed by atoms with Crippen LogP contribution in [0.3, 0.4) is 0 Å². The first-order chi connectivity index (χ1) is 11.3. The summed E-state index contributed by atoms with van der Waals surface area (Å²) in [5, 5.41) is 2.89. The summed E-state index contributed by atoms with van der Waals surface area (Å²) in [5.74, 6) is 0.111. The van der Waals surface area contributed by atoms with Gasteiger partial charge in [0.15, 0.2) is 0 Å². The highest BCUT2D eigenvalue weighted by Gasteiger charge is 2.16. The average molecular weight is 346 g/mol. The molecular formula is C18H22N2O3S. The van der Waals surface area contributed by atoms with E-state index in [2.05, 4.69) is 10.0 Å².